The number of carbonyl (C=O) groups excluding carboxylic acids is 2. The lowest BCUT2D eigenvalue weighted by molar-refractivity contribution is -0.132. The third-order valence-corrected chi connectivity index (χ3v) is 6.72. The Balaban J connectivity index is 1.41. The third kappa shape index (κ3) is 4.07. The van der Waals surface area contributed by atoms with Crippen LogP contribution in [0.4, 0.5) is 0 Å². The van der Waals surface area contributed by atoms with Gasteiger partial charge < -0.3 is 9.80 Å². The normalized spacial score (nSPS) is 26.0. The number of carbonyl (C=O) groups is 2. The predicted octanol–water partition coefficient (Wildman–Crippen LogP) is 2.33. The van der Waals surface area contributed by atoms with Gasteiger partial charge in [0.2, 0.25) is 5.91 Å². The van der Waals surface area contributed by atoms with Gasteiger partial charge in [-0.2, -0.15) is 0 Å². The van der Waals surface area contributed by atoms with E-state index in [1.165, 1.54) is 0 Å². The van der Waals surface area contributed by atoms with Crippen LogP contribution in [-0.4, -0.2) is 77.3 Å². The SMILES string of the molecule is Cc1cccnc1C(=O)N1CCCC2(CCCN(CC(=O)N3CCCC3)C2)C1. The summed E-state index contributed by atoms with van der Waals surface area (Å²) in [6.07, 6.45) is 8.41. The van der Waals surface area contributed by atoms with Gasteiger partial charge >= 0.3 is 0 Å². The standard InChI is InChI=1S/C22H32N4O2/c1-18-7-4-10-23-20(18)21(28)26-14-6-9-22(17-26)8-5-11-24(16-22)15-19(27)25-12-2-3-13-25/h4,7,10H,2-3,5-6,8-9,11-17H2,1H3. The van der Waals surface area contributed by atoms with Gasteiger partial charge in [-0.3, -0.25) is 19.5 Å². The highest BCUT2D eigenvalue weighted by Gasteiger charge is 2.41. The van der Waals surface area contributed by atoms with Crippen molar-refractivity contribution in [3.63, 3.8) is 0 Å². The lowest BCUT2D eigenvalue weighted by Gasteiger charge is -2.48. The largest absolute Gasteiger partial charge is 0.342 e. The van der Waals surface area contributed by atoms with E-state index in [0.717, 1.165) is 83.4 Å². The third-order valence-electron chi connectivity index (χ3n) is 6.72. The first-order valence-electron chi connectivity index (χ1n) is 10.8. The van der Waals surface area contributed by atoms with E-state index in [-0.39, 0.29) is 17.2 Å². The highest BCUT2D eigenvalue weighted by atomic mass is 16.2. The topological polar surface area (TPSA) is 56.8 Å². The monoisotopic (exact) mass is 384 g/mol. The van der Waals surface area contributed by atoms with Crippen LogP contribution in [0, 0.1) is 12.3 Å². The molecule has 152 valence electrons. The summed E-state index contributed by atoms with van der Waals surface area (Å²) in [6, 6.07) is 3.83. The average molecular weight is 385 g/mol. The van der Waals surface area contributed by atoms with E-state index < -0.39 is 0 Å². The lowest BCUT2D eigenvalue weighted by Crippen LogP contribution is -2.55. The number of rotatable bonds is 3. The zero-order chi connectivity index (χ0) is 19.6. The number of nitrogens with zero attached hydrogens (tertiary/aromatic N) is 4. The molecule has 3 saturated heterocycles. The van der Waals surface area contributed by atoms with Gasteiger partial charge in [-0.25, -0.2) is 0 Å². The fraction of sp³-hybridized carbons (Fsp3) is 0.682. The molecule has 28 heavy (non-hydrogen) atoms. The number of hydrogen-bond acceptors (Lipinski definition) is 4. The van der Waals surface area contributed by atoms with Crippen molar-refractivity contribution in [1.29, 1.82) is 0 Å². The van der Waals surface area contributed by atoms with E-state index >= 15 is 0 Å². The number of hydrogen-bond donors (Lipinski definition) is 0. The van der Waals surface area contributed by atoms with Crippen molar-refractivity contribution in [2.45, 2.75) is 45.4 Å². The maximum atomic E-state index is 13.1. The quantitative estimate of drug-likeness (QED) is 0.803. The van der Waals surface area contributed by atoms with Crippen molar-refractivity contribution in [3.05, 3.63) is 29.6 Å². The molecule has 6 heteroatoms. The van der Waals surface area contributed by atoms with E-state index in [2.05, 4.69) is 9.88 Å². The molecule has 0 aromatic carbocycles. The molecule has 1 unspecified atom stereocenters. The predicted molar refractivity (Wildman–Crippen MR) is 108 cm³/mol. The molecule has 0 N–H and O–H groups in total. The van der Waals surface area contributed by atoms with Crippen molar-refractivity contribution in [2.75, 3.05) is 45.8 Å². The van der Waals surface area contributed by atoms with Crippen LogP contribution in [-0.2, 0) is 4.79 Å². The summed E-state index contributed by atoms with van der Waals surface area (Å²) in [5.41, 5.74) is 1.64. The minimum Gasteiger partial charge on any atom is -0.342 e. The maximum Gasteiger partial charge on any atom is 0.272 e. The summed E-state index contributed by atoms with van der Waals surface area (Å²) in [4.78, 5) is 36.4. The number of likely N-dealkylation sites (tertiary alicyclic amines) is 3. The van der Waals surface area contributed by atoms with Crippen LogP contribution in [0.3, 0.4) is 0 Å². The Bertz CT molecular complexity index is 727. The average Bonchev–Trinajstić information content (AvgIpc) is 3.23. The highest BCUT2D eigenvalue weighted by molar-refractivity contribution is 5.93. The van der Waals surface area contributed by atoms with Crippen LogP contribution >= 0.6 is 0 Å². The van der Waals surface area contributed by atoms with Crippen LogP contribution < -0.4 is 0 Å². The maximum absolute atomic E-state index is 13.1. The molecule has 0 radical (unpaired) electrons. The first-order valence-corrected chi connectivity index (χ1v) is 10.8. The van der Waals surface area contributed by atoms with Gasteiger partial charge in [-0.1, -0.05) is 6.07 Å². The van der Waals surface area contributed by atoms with Gasteiger partial charge in [0.1, 0.15) is 5.69 Å². The van der Waals surface area contributed by atoms with E-state index in [0.29, 0.717) is 12.2 Å². The molecule has 6 nitrogen and oxygen atoms in total. The van der Waals surface area contributed by atoms with E-state index in [4.69, 9.17) is 0 Å². The van der Waals surface area contributed by atoms with E-state index in [1.54, 1.807) is 6.20 Å². The van der Waals surface area contributed by atoms with Gasteiger partial charge in [-0.15, -0.1) is 0 Å². The Morgan fingerprint density at radius 2 is 1.71 bits per heavy atom. The van der Waals surface area contributed by atoms with Gasteiger partial charge in [0.15, 0.2) is 0 Å². The summed E-state index contributed by atoms with van der Waals surface area (Å²) >= 11 is 0. The van der Waals surface area contributed by atoms with Crippen LogP contribution in [0.25, 0.3) is 0 Å². The van der Waals surface area contributed by atoms with Gasteiger partial charge in [0, 0.05) is 44.3 Å². The van der Waals surface area contributed by atoms with Crippen molar-refractivity contribution in [3.8, 4) is 0 Å². The molecule has 0 aliphatic carbocycles. The Morgan fingerprint density at radius 1 is 1.00 bits per heavy atom. The van der Waals surface area contributed by atoms with Gasteiger partial charge in [-0.05, 0) is 63.6 Å². The number of amides is 2. The molecular formula is C22H32N4O2. The van der Waals surface area contributed by atoms with Crippen LogP contribution in [0.1, 0.15) is 54.6 Å². The van der Waals surface area contributed by atoms with Gasteiger partial charge in [0.25, 0.3) is 5.91 Å². The number of aryl methyl sites for hydroxylation is 1. The molecular weight excluding hydrogens is 352 g/mol. The molecule has 0 saturated carbocycles. The summed E-state index contributed by atoms with van der Waals surface area (Å²) in [5.74, 6) is 0.338. The molecule has 2 amide bonds. The molecule has 1 aromatic heterocycles. The second-order valence-corrected chi connectivity index (χ2v) is 8.90. The van der Waals surface area contributed by atoms with Crippen molar-refractivity contribution in [1.82, 2.24) is 19.7 Å². The molecule has 4 rings (SSSR count). The fourth-order valence-corrected chi connectivity index (χ4v) is 5.28. The minimum absolute atomic E-state index is 0.0578. The molecule has 0 bridgehead atoms. The molecule has 4 heterocycles. The zero-order valence-corrected chi connectivity index (χ0v) is 17.0. The van der Waals surface area contributed by atoms with Gasteiger partial charge in [0.05, 0.1) is 6.54 Å². The van der Waals surface area contributed by atoms with E-state index in [9.17, 15) is 9.59 Å². The first kappa shape index (κ1) is 19.4. The second-order valence-electron chi connectivity index (χ2n) is 8.90. The van der Waals surface area contributed by atoms with Crippen molar-refractivity contribution < 1.29 is 9.59 Å². The summed E-state index contributed by atoms with van der Waals surface area (Å²) in [6.45, 7) is 7.85. The Morgan fingerprint density at radius 3 is 2.46 bits per heavy atom. The van der Waals surface area contributed by atoms with Crippen LogP contribution in [0.2, 0.25) is 0 Å². The fourth-order valence-electron chi connectivity index (χ4n) is 5.28. The molecule has 3 aliphatic rings. The highest BCUT2D eigenvalue weighted by Crippen LogP contribution is 2.39. The van der Waals surface area contributed by atoms with E-state index in [1.807, 2.05) is 28.9 Å². The molecule has 1 spiro atoms. The van der Waals surface area contributed by atoms with Crippen LogP contribution in [0.15, 0.2) is 18.3 Å². The summed E-state index contributed by atoms with van der Waals surface area (Å²) in [7, 11) is 0. The summed E-state index contributed by atoms with van der Waals surface area (Å²) in [5, 5.41) is 0. The smallest absolute Gasteiger partial charge is 0.272 e. The minimum atomic E-state index is 0.0578. The Hall–Kier alpha value is -1.95. The molecule has 1 atom stereocenters. The number of pyridine rings is 1. The van der Waals surface area contributed by atoms with Crippen molar-refractivity contribution in [2.24, 2.45) is 5.41 Å². The molecule has 3 fully saturated rings. The number of aromatic nitrogens is 1. The Kier molecular flexibility index (Phi) is 5.67. The Labute approximate surface area is 167 Å². The van der Waals surface area contributed by atoms with Crippen LogP contribution in [0.5, 0.6) is 0 Å². The summed E-state index contributed by atoms with van der Waals surface area (Å²) < 4.78 is 0. The molecule has 1 aromatic rings. The van der Waals surface area contributed by atoms with Crippen molar-refractivity contribution >= 4 is 11.8 Å². The number of piperidine rings is 2. The lowest BCUT2D eigenvalue weighted by atomic mass is 9.73. The first-order chi connectivity index (χ1) is 13.6. The molecule has 3 aliphatic heterocycles. The zero-order valence-electron chi connectivity index (χ0n) is 17.0. The second kappa shape index (κ2) is 8.19.